The van der Waals surface area contributed by atoms with Gasteiger partial charge in [0.05, 0.1) is 21.8 Å². The van der Waals surface area contributed by atoms with Crippen LogP contribution in [0.1, 0.15) is 10.7 Å². The molecule has 3 rings (SSSR count). The third-order valence-electron chi connectivity index (χ3n) is 2.96. The minimum atomic E-state index is 0.515. The molecule has 0 bridgehead atoms. The van der Waals surface area contributed by atoms with Crippen molar-refractivity contribution >= 4 is 50.6 Å². The Kier molecular flexibility index (Phi) is 5.80. The van der Waals surface area contributed by atoms with Gasteiger partial charge in [-0.3, -0.25) is 0 Å². The van der Waals surface area contributed by atoms with Gasteiger partial charge < -0.3 is 9.15 Å². The van der Waals surface area contributed by atoms with Crippen LogP contribution < -0.4 is 4.74 Å². The van der Waals surface area contributed by atoms with Crippen molar-refractivity contribution in [2.75, 3.05) is 12.4 Å². The number of ether oxygens (including phenoxy) is 1. The molecule has 0 aliphatic carbocycles. The van der Waals surface area contributed by atoms with Gasteiger partial charge in [0.15, 0.2) is 0 Å². The topological polar surface area (TPSA) is 61.0 Å². The summed E-state index contributed by atoms with van der Waals surface area (Å²) in [6.45, 7) is 4.41. The lowest BCUT2D eigenvalue weighted by molar-refractivity contribution is 0.341. The number of halogens is 2. The summed E-state index contributed by atoms with van der Waals surface area (Å²) in [5, 5.41) is 10.3. The molecular formula is C15H13BrClN3O2S2. The van der Waals surface area contributed by atoms with Gasteiger partial charge in [0.2, 0.25) is 0 Å². The molecule has 0 radical (unpaired) electrons. The van der Waals surface area contributed by atoms with Gasteiger partial charge in [-0.2, -0.15) is 0 Å². The molecule has 0 fully saturated rings. The van der Waals surface area contributed by atoms with Crippen LogP contribution in [-0.4, -0.2) is 27.5 Å². The van der Waals surface area contributed by atoms with Gasteiger partial charge in [-0.25, -0.2) is 4.98 Å². The Morgan fingerprint density at radius 2 is 2.17 bits per heavy atom. The van der Waals surface area contributed by atoms with Crippen LogP contribution in [0.15, 0.2) is 32.3 Å². The molecular weight excluding hydrogens is 434 g/mol. The van der Waals surface area contributed by atoms with Gasteiger partial charge in [-0.1, -0.05) is 23.4 Å². The number of hydrogen-bond acceptors (Lipinski definition) is 7. The zero-order chi connectivity index (χ0) is 17.1. The van der Waals surface area contributed by atoms with E-state index in [1.165, 1.54) is 11.8 Å². The van der Waals surface area contributed by atoms with E-state index in [1.807, 2.05) is 19.9 Å². The second-order valence-corrected chi connectivity index (χ2v) is 8.33. The molecule has 0 N–H and O–H groups in total. The van der Waals surface area contributed by atoms with Crippen molar-refractivity contribution < 1.29 is 9.15 Å². The largest absolute Gasteiger partial charge is 0.492 e. The Morgan fingerprint density at radius 3 is 2.88 bits per heavy atom. The second kappa shape index (κ2) is 7.86. The molecule has 0 saturated carbocycles. The number of aromatic nitrogens is 3. The molecule has 1 aromatic carbocycles. The molecule has 2 heterocycles. The first-order valence-electron chi connectivity index (χ1n) is 7.01. The highest BCUT2D eigenvalue weighted by Crippen LogP contribution is 2.31. The maximum absolute atomic E-state index is 5.90. The number of nitrogens with zero attached hydrogens (tertiary/aromatic N) is 3. The molecule has 0 atom stereocenters. The summed E-state index contributed by atoms with van der Waals surface area (Å²) in [4.78, 5) is 5.29. The van der Waals surface area contributed by atoms with Gasteiger partial charge in [0, 0.05) is 10.8 Å². The van der Waals surface area contributed by atoms with Crippen molar-refractivity contribution in [2.24, 2.45) is 0 Å². The number of rotatable bonds is 6. The van der Waals surface area contributed by atoms with Crippen molar-refractivity contribution in [2.45, 2.75) is 19.1 Å². The first kappa shape index (κ1) is 17.7. The number of hydrogen-bond donors (Lipinski definition) is 0. The van der Waals surface area contributed by atoms with E-state index in [9.17, 15) is 0 Å². The van der Waals surface area contributed by atoms with Crippen molar-refractivity contribution in [1.29, 1.82) is 0 Å². The summed E-state index contributed by atoms with van der Waals surface area (Å²) in [7, 11) is 0. The minimum Gasteiger partial charge on any atom is -0.492 e. The molecule has 0 aliphatic rings. The Hall–Kier alpha value is -1.09. The van der Waals surface area contributed by atoms with Gasteiger partial charge in [-0.05, 0) is 48.0 Å². The van der Waals surface area contributed by atoms with E-state index < -0.39 is 0 Å². The first-order valence-corrected chi connectivity index (χ1v) is 9.99. The fourth-order valence-corrected chi connectivity index (χ4v) is 4.18. The summed E-state index contributed by atoms with van der Waals surface area (Å²) >= 11 is 12.3. The van der Waals surface area contributed by atoms with Gasteiger partial charge in [-0.15, -0.1) is 21.5 Å². The third kappa shape index (κ3) is 4.30. The van der Waals surface area contributed by atoms with E-state index in [-0.39, 0.29) is 0 Å². The Labute approximate surface area is 160 Å². The lowest BCUT2D eigenvalue weighted by atomic mass is 10.3. The Bertz CT molecular complexity index is 853. The number of thioether (sulfide) groups is 1. The fourth-order valence-electron chi connectivity index (χ4n) is 1.96. The van der Waals surface area contributed by atoms with Crippen LogP contribution in [0.5, 0.6) is 5.75 Å². The average molecular weight is 447 g/mol. The van der Waals surface area contributed by atoms with E-state index >= 15 is 0 Å². The van der Waals surface area contributed by atoms with E-state index in [0.717, 1.165) is 25.8 Å². The lowest BCUT2D eigenvalue weighted by Gasteiger charge is -2.07. The van der Waals surface area contributed by atoms with E-state index in [4.69, 9.17) is 20.8 Å². The maximum atomic E-state index is 5.90. The highest BCUT2D eigenvalue weighted by atomic mass is 79.9. The summed E-state index contributed by atoms with van der Waals surface area (Å²) in [6, 6.07) is 5.42. The third-order valence-corrected chi connectivity index (χ3v) is 5.66. The zero-order valence-electron chi connectivity index (χ0n) is 12.9. The Balaban J connectivity index is 1.53. The molecule has 9 heteroatoms. The smallest absolute Gasteiger partial charge is 0.277 e. The summed E-state index contributed by atoms with van der Waals surface area (Å²) < 4.78 is 12.2. The SMILES string of the molecule is Cc1nc(C)c(-c2nnc(SCCOc3ccc(Cl)cc3Br)o2)s1. The normalized spacial score (nSPS) is 11.0. The van der Waals surface area contributed by atoms with Gasteiger partial charge >= 0.3 is 0 Å². The first-order chi connectivity index (χ1) is 11.5. The van der Waals surface area contributed by atoms with Crippen LogP contribution in [0.4, 0.5) is 0 Å². The van der Waals surface area contributed by atoms with Crippen molar-refractivity contribution in [1.82, 2.24) is 15.2 Å². The quantitative estimate of drug-likeness (QED) is 0.373. The fraction of sp³-hybridized carbons (Fsp3) is 0.267. The van der Waals surface area contributed by atoms with Crippen LogP contribution in [-0.2, 0) is 0 Å². The van der Waals surface area contributed by atoms with Crippen molar-refractivity contribution in [3.8, 4) is 16.5 Å². The molecule has 126 valence electrons. The summed E-state index contributed by atoms with van der Waals surface area (Å²) in [5.41, 5.74) is 0.911. The molecule has 3 aromatic rings. The molecule has 0 spiro atoms. The molecule has 0 saturated heterocycles. The summed E-state index contributed by atoms with van der Waals surface area (Å²) in [6.07, 6.45) is 0. The van der Waals surface area contributed by atoms with E-state index in [0.29, 0.717) is 28.5 Å². The molecule has 2 aromatic heterocycles. The summed E-state index contributed by atoms with van der Waals surface area (Å²) in [5.74, 6) is 1.96. The van der Waals surface area contributed by atoms with E-state index in [2.05, 4.69) is 31.1 Å². The average Bonchev–Trinajstić information content (AvgIpc) is 3.11. The zero-order valence-corrected chi connectivity index (χ0v) is 16.9. The monoisotopic (exact) mass is 445 g/mol. The number of thiazole rings is 1. The van der Waals surface area contributed by atoms with Crippen molar-refractivity contribution in [3.63, 3.8) is 0 Å². The van der Waals surface area contributed by atoms with Crippen LogP contribution in [0.25, 0.3) is 10.8 Å². The highest BCUT2D eigenvalue weighted by molar-refractivity contribution is 9.10. The molecule has 0 aliphatic heterocycles. The molecule has 5 nitrogen and oxygen atoms in total. The predicted molar refractivity (Wildman–Crippen MR) is 100 cm³/mol. The highest BCUT2D eigenvalue weighted by Gasteiger charge is 2.15. The predicted octanol–water partition coefficient (Wildman–Crippen LogP) is 5.40. The lowest BCUT2D eigenvalue weighted by Crippen LogP contribution is -2.00. The standard InChI is InChI=1S/C15H13BrClN3O2S2/c1-8-13(24-9(2)18-8)14-19-20-15(22-14)23-6-5-21-12-4-3-10(17)7-11(12)16/h3-4,7H,5-6H2,1-2H3. The van der Waals surface area contributed by atoms with Gasteiger partial charge in [0.25, 0.3) is 11.1 Å². The Morgan fingerprint density at radius 1 is 1.33 bits per heavy atom. The number of benzene rings is 1. The maximum Gasteiger partial charge on any atom is 0.277 e. The minimum absolute atomic E-state index is 0.515. The molecule has 24 heavy (non-hydrogen) atoms. The molecule has 0 unspecified atom stereocenters. The number of aryl methyl sites for hydroxylation is 2. The molecule has 0 amide bonds. The van der Waals surface area contributed by atoms with Crippen LogP contribution in [0, 0.1) is 13.8 Å². The van der Waals surface area contributed by atoms with Crippen LogP contribution >= 0.6 is 50.6 Å². The second-order valence-electron chi connectivity index (χ2n) is 4.79. The van der Waals surface area contributed by atoms with Gasteiger partial charge in [0.1, 0.15) is 10.6 Å². The van der Waals surface area contributed by atoms with Crippen LogP contribution in [0.2, 0.25) is 5.02 Å². The van der Waals surface area contributed by atoms with E-state index in [1.54, 1.807) is 23.5 Å². The van der Waals surface area contributed by atoms with Crippen LogP contribution in [0.3, 0.4) is 0 Å². The van der Waals surface area contributed by atoms with Crippen molar-refractivity contribution in [3.05, 3.63) is 38.4 Å².